The summed E-state index contributed by atoms with van der Waals surface area (Å²) >= 11 is 1.27. The molecule has 3 fully saturated rings. The van der Waals surface area contributed by atoms with Gasteiger partial charge in [-0.05, 0) is 68.4 Å². The van der Waals surface area contributed by atoms with Crippen LogP contribution in [0.25, 0.3) is 22.3 Å². The second-order valence-electron chi connectivity index (χ2n) is 18.6. The van der Waals surface area contributed by atoms with Gasteiger partial charge in [0.25, 0.3) is 0 Å². The number of pyridine rings is 1. The normalized spacial score (nSPS) is 22.2. The first kappa shape index (κ1) is 44.3. The summed E-state index contributed by atoms with van der Waals surface area (Å²) in [6, 6.07) is 1.42. The summed E-state index contributed by atoms with van der Waals surface area (Å²) < 4.78 is 18.2. The highest BCUT2D eigenvalue weighted by Gasteiger charge is 2.61. The number of hydrogen-bond acceptors (Lipinski definition) is 11. The molecular formula is C44H58N6O9S. The summed E-state index contributed by atoms with van der Waals surface area (Å²) in [5.74, 6) is -1.94. The Hall–Kier alpha value is -5.25. The maximum atomic E-state index is 14.7. The fourth-order valence-electron chi connectivity index (χ4n) is 8.28. The van der Waals surface area contributed by atoms with Gasteiger partial charge in [0.15, 0.2) is 5.13 Å². The Kier molecular flexibility index (Phi) is 12.6. The Morgan fingerprint density at radius 3 is 2.35 bits per heavy atom. The number of aromatic nitrogens is 2. The number of alkyl carbamates (subject to hydrolysis) is 1. The first-order valence-electron chi connectivity index (χ1n) is 20.5. The maximum Gasteiger partial charge on any atom is 0.408 e. The number of benzene rings is 1. The van der Waals surface area contributed by atoms with Gasteiger partial charge in [-0.15, -0.1) is 17.9 Å². The number of ether oxygens (including phenoxy) is 3. The fourth-order valence-corrected chi connectivity index (χ4v) is 9.00. The lowest BCUT2D eigenvalue weighted by molar-refractivity contribution is -0.146. The number of fused-ring (bicyclic) bond motifs is 1. The van der Waals surface area contributed by atoms with Gasteiger partial charge in [-0.25, -0.2) is 19.6 Å². The molecule has 3 aliphatic rings. The van der Waals surface area contributed by atoms with E-state index in [1.54, 1.807) is 18.6 Å². The van der Waals surface area contributed by atoms with Gasteiger partial charge in [-0.3, -0.25) is 14.4 Å². The zero-order valence-corrected chi connectivity index (χ0v) is 36.8. The summed E-state index contributed by atoms with van der Waals surface area (Å²) in [5, 5.41) is 21.4. The van der Waals surface area contributed by atoms with Crippen molar-refractivity contribution < 1.29 is 43.3 Å². The van der Waals surface area contributed by atoms with Crippen LogP contribution in [0.4, 0.5) is 9.93 Å². The van der Waals surface area contributed by atoms with Gasteiger partial charge in [0, 0.05) is 41.2 Å². The van der Waals surface area contributed by atoms with E-state index in [9.17, 15) is 29.1 Å². The van der Waals surface area contributed by atoms with E-state index in [-0.39, 0.29) is 36.8 Å². The van der Waals surface area contributed by atoms with Crippen LogP contribution in [0, 0.1) is 30.6 Å². The van der Waals surface area contributed by atoms with Gasteiger partial charge < -0.3 is 40.2 Å². The number of carboxylic acid groups (broad SMARTS) is 1. The lowest BCUT2D eigenvalue weighted by atomic mass is 9.85. The number of nitrogens with zero attached hydrogens (tertiary/aromatic N) is 3. The fraction of sp³-hybridized carbons (Fsp3) is 0.568. The Bertz CT molecular complexity index is 2190. The van der Waals surface area contributed by atoms with Crippen molar-refractivity contribution in [2.45, 2.75) is 130 Å². The predicted molar refractivity (Wildman–Crippen MR) is 228 cm³/mol. The van der Waals surface area contributed by atoms with E-state index >= 15 is 0 Å². The number of thiazole rings is 1. The van der Waals surface area contributed by atoms with Crippen molar-refractivity contribution in [2.24, 2.45) is 16.7 Å². The van der Waals surface area contributed by atoms with Crippen LogP contribution in [-0.4, -0.2) is 93.2 Å². The molecule has 3 aromatic rings. The standard InChI is InChI=1S/C44H58N6O9S/c1-11-25-19-44(25,39(54)55)49-37(52)31-17-27(21-50(31)38(53)36(43(7,8)9)48-41(56)59-26-14-12-13-15-26)58-32-18-29(45-34-24(3)35(57-10)23(2)16-28(32)34)30-22-60-40(46-30)47-33(51)20-42(4,5)6/h11,16,18,22,25-27,31,36H,1,12-15,17,19-21H2,2-10H3,(H,48,56)(H,49,52)(H,54,55)(H,46,47,51)/t25-,27-,31+,36-,44-/m1/s1. The molecule has 324 valence electrons. The van der Waals surface area contributed by atoms with Crippen LogP contribution in [0.1, 0.15) is 97.6 Å². The Morgan fingerprint density at radius 2 is 1.75 bits per heavy atom. The molecule has 0 spiro atoms. The summed E-state index contributed by atoms with van der Waals surface area (Å²) in [6.45, 7) is 18.9. The van der Waals surface area contributed by atoms with Gasteiger partial charge in [-0.1, -0.05) is 47.6 Å². The second kappa shape index (κ2) is 17.0. The molecule has 1 aliphatic heterocycles. The smallest absolute Gasteiger partial charge is 0.408 e. The Balaban J connectivity index is 1.35. The van der Waals surface area contributed by atoms with E-state index < -0.39 is 58.9 Å². The van der Waals surface area contributed by atoms with Crippen molar-refractivity contribution >= 4 is 57.2 Å². The quantitative estimate of drug-likeness (QED) is 0.130. The number of hydrogen-bond donors (Lipinski definition) is 4. The lowest BCUT2D eigenvalue weighted by Gasteiger charge is -2.35. The van der Waals surface area contributed by atoms with Crippen molar-refractivity contribution in [1.29, 1.82) is 0 Å². The number of likely N-dealkylation sites (tertiary alicyclic amines) is 1. The molecule has 0 radical (unpaired) electrons. The lowest BCUT2D eigenvalue weighted by Crippen LogP contribution is -2.59. The molecule has 15 nitrogen and oxygen atoms in total. The van der Waals surface area contributed by atoms with Crippen LogP contribution in [0.15, 0.2) is 30.2 Å². The molecule has 5 atom stereocenters. The monoisotopic (exact) mass is 846 g/mol. The molecule has 6 rings (SSSR count). The van der Waals surface area contributed by atoms with Crippen LogP contribution in [-0.2, 0) is 23.9 Å². The van der Waals surface area contributed by atoms with Crippen molar-refractivity contribution in [1.82, 2.24) is 25.5 Å². The third-order valence-corrected chi connectivity index (χ3v) is 12.2. The average molecular weight is 847 g/mol. The summed E-state index contributed by atoms with van der Waals surface area (Å²) in [5.41, 5.74) is 0.595. The van der Waals surface area contributed by atoms with E-state index in [4.69, 9.17) is 19.2 Å². The van der Waals surface area contributed by atoms with Crippen molar-refractivity contribution in [2.75, 3.05) is 19.0 Å². The molecule has 1 aromatic carbocycles. The highest BCUT2D eigenvalue weighted by atomic mass is 32.1. The van der Waals surface area contributed by atoms with Crippen LogP contribution in [0.2, 0.25) is 0 Å². The molecule has 2 aromatic heterocycles. The number of carbonyl (C=O) groups is 5. The summed E-state index contributed by atoms with van der Waals surface area (Å²) in [7, 11) is 1.59. The average Bonchev–Trinajstić information content (AvgIpc) is 3.56. The number of anilines is 1. The first-order valence-corrected chi connectivity index (χ1v) is 21.4. The maximum absolute atomic E-state index is 14.7. The number of nitrogens with one attached hydrogen (secondary N) is 3. The minimum absolute atomic E-state index is 0.0172. The number of aliphatic carboxylic acids is 1. The molecule has 3 heterocycles. The molecule has 0 bridgehead atoms. The summed E-state index contributed by atoms with van der Waals surface area (Å²) in [4.78, 5) is 78.4. The van der Waals surface area contributed by atoms with E-state index in [0.29, 0.717) is 45.3 Å². The van der Waals surface area contributed by atoms with E-state index in [0.717, 1.165) is 36.8 Å². The third kappa shape index (κ3) is 9.53. The Labute approximate surface area is 355 Å². The topological polar surface area (TPSA) is 198 Å². The van der Waals surface area contributed by atoms with Gasteiger partial charge >= 0.3 is 12.1 Å². The van der Waals surface area contributed by atoms with Crippen molar-refractivity contribution in [3.63, 3.8) is 0 Å². The highest BCUT2D eigenvalue weighted by molar-refractivity contribution is 7.14. The SMILES string of the molecule is C=C[C@@H]1C[C@]1(NC(=O)[C@@H]1C[C@@H](Oc2cc(-c3csc(NC(=O)CC(C)(C)C)n3)nc3c(C)c(OC)c(C)cc23)CN1C(=O)[C@@H](NC(=O)OC1CCCC1)C(C)(C)C)C(=O)O. The number of methoxy groups -OCH3 is 1. The molecule has 4 amide bonds. The molecule has 60 heavy (non-hydrogen) atoms. The number of rotatable bonds is 13. The Morgan fingerprint density at radius 1 is 1.05 bits per heavy atom. The van der Waals surface area contributed by atoms with Crippen molar-refractivity contribution in [3.8, 4) is 22.9 Å². The summed E-state index contributed by atoms with van der Waals surface area (Å²) in [6.07, 6.45) is 3.72. The zero-order chi connectivity index (χ0) is 43.9. The first-order chi connectivity index (χ1) is 28.1. The van der Waals surface area contributed by atoms with Gasteiger partial charge in [0.1, 0.15) is 47.0 Å². The van der Waals surface area contributed by atoms with Gasteiger partial charge in [-0.2, -0.15) is 0 Å². The number of aryl methyl sites for hydroxylation is 2. The molecule has 2 aliphatic carbocycles. The molecule has 4 N–H and O–H groups in total. The molecule has 2 saturated carbocycles. The largest absolute Gasteiger partial charge is 0.496 e. The van der Waals surface area contributed by atoms with Crippen LogP contribution >= 0.6 is 11.3 Å². The molecular weight excluding hydrogens is 789 g/mol. The highest BCUT2D eigenvalue weighted by Crippen LogP contribution is 2.45. The predicted octanol–water partition coefficient (Wildman–Crippen LogP) is 6.94. The third-order valence-electron chi connectivity index (χ3n) is 11.5. The van der Waals surface area contributed by atoms with Gasteiger partial charge in [0.2, 0.25) is 17.7 Å². The number of carbonyl (C=O) groups excluding carboxylic acids is 4. The molecule has 16 heteroatoms. The molecule has 0 unspecified atom stereocenters. The van der Waals surface area contributed by atoms with E-state index in [1.807, 2.05) is 61.5 Å². The number of carboxylic acids is 1. The van der Waals surface area contributed by atoms with Crippen LogP contribution in [0.5, 0.6) is 11.5 Å². The minimum atomic E-state index is -1.54. The van der Waals surface area contributed by atoms with Crippen LogP contribution in [0.3, 0.4) is 0 Å². The molecule has 1 saturated heterocycles. The van der Waals surface area contributed by atoms with Crippen molar-refractivity contribution in [3.05, 3.63) is 41.3 Å². The second-order valence-corrected chi connectivity index (χ2v) is 19.5. The van der Waals surface area contributed by atoms with E-state index in [1.165, 1.54) is 22.3 Å². The van der Waals surface area contributed by atoms with Crippen LogP contribution < -0.4 is 25.4 Å². The minimum Gasteiger partial charge on any atom is -0.496 e. The van der Waals surface area contributed by atoms with E-state index in [2.05, 4.69) is 27.5 Å². The zero-order valence-electron chi connectivity index (χ0n) is 36.0. The van der Waals surface area contributed by atoms with Gasteiger partial charge in [0.05, 0.1) is 24.9 Å². The number of amides is 4.